The number of thiophene rings is 1. The normalized spacial score (nSPS) is 10.5. The molecule has 0 amide bonds. The molecule has 0 bridgehead atoms. The largest absolute Gasteiger partial charge is 0.465 e. The topological polar surface area (TPSA) is 68.2 Å². The fourth-order valence-corrected chi connectivity index (χ4v) is 3.39. The van der Waals surface area contributed by atoms with Crippen molar-refractivity contribution in [1.82, 2.24) is 15.1 Å². The summed E-state index contributed by atoms with van der Waals surface area (Å²) in [5, 5.41) is 11.7. The molecule has 0 saturated carbocycles. The molecule has 0 atom stereocenters. The van der Waals surface area contributed by atoms with Crippen molar-refractivity contribution in [2.24, 2.45) is 7.05 Å². The average molecular weight is 352 g/mol. The Hall–Kier alpha value is -1.93. The molecule has 2 aromatic heterocycles. The Labute approximate surface area is 144 Å². The highest BCUT2D eigenvalue weighted by Gasteiger charge is 2.20. The predicted molar refractivity (Wildman–Crippen MR) is 96.1 cm³/mol. The van der Waals surface area contributed by atoms with Crippen LogP contribution in [0.5, 0.6) is 0 Å². The third kappa shape index (κ3) is 3.89. The maximum atomic E-state index is 11.9. The number of hydrogen-bond acceptors (Lipinski definition) is 5. The lowest BCUT2D eigenvalue weighted by Gasteiger charge is -2.09. The molecule has 23 heavy (non-hydrogen) atoms. The molecule has 8 heteroatoms. The minimum Gasteiger partial charge on any atom is -0.465 e. The van der Waals surface area contributed by atoms with E-state index in [0.29, 0.717) is 22.2 Å². The van der Waals surface area contributed by atoms with Gasteiger partial charge in [-0.15, -0.1) is 11.3 Å². The first kappa shape index (κ1) is 17.4. The second kappa shape index (κ2) is 7.10. The molecule has 2 aromatic rings. The summed E-state index contributed by atoms with van der Waals surface area (Å²) in [5.74, 6) is -0.363. The van der Waals surface area contributed by atoms with Gasteiger partial charge in [-0.1, -0.05) is 0 Å². The fourth-order valence-electron chi connectivity index (χ4n) is 2.10. The molecule has 2 N–H and O–H groups in total. The Morgan fingerprint density at radius 1 is 1.43 bits per heavy atom. The number of anilines is 1. The van der Waals surface area contributed by atoms with Crippen molar-refractivity contribution in [3.63, 3.8) is 0 Å². The van der Waals surface area contributed by atoms with Gasteiger partial charge in [0.15, 0.2) is 5.11 Å². The van der Waals surface area contributed by atoms with E-state index in [4.69, 9.17) is 17.0 Å². The van der Waals surface area contributed by atoms with Crippen molar-refractivity contribution in [3.05, 3.63) is 33.5 Å². The van der Waals surface area contributed by atoms with E-state index < -0.39 is 0 Å². The number of aryl methyl sites for hydroxylation is 3. The highest BCUT2D eigenvalue weighted by molar-refractivity contribution is 7.80. The molecule has 0 aliphatic carbocycles. The lowest BCUT2D eigenvalue weighted by Crippen LogP contribution is -2.28. The zero-order chi connectivity index (χ0) is 17.1. The van der Waals surface area contributed by atoms with E-state index in [2.05, 4.69) is 15.7 Å². The maximum absolute atomic E-state index is 11.9. The summed E-state index contributed by atoms with van der Waals surface area (Å²) < 4.78 is 6.66. The summed E-state index contributed by atoms with van der Waals surface area (Å²) in [4.78, 5) is 13.0. The first-order chi connectivity index (χ1) is 10.8. The van der Waals surface area contributed by atoms with Crippen molar-refractivity contribution >= 4 is 39.6 Å². The smallest absolute Gasteiger partial charge is 0.341 e. The van der Waals surface area contributed by atoms with Gasteiger partial charge in [-0.25, -0.2) is 4.79 Å². The van der Waals surface area contributed by atoms with Crippen LogP contribution in [0.1, 0.15) is 32.2 Å². The number of nitrogens with zero attached hydrogens (tertiary/aromatic N) is 2. The summed E-state index contributed by atoms with van der Waals surface area (Å²) in [6.45, 7) is 6.37. The molecule has 0 fully saturated rings. The predicted octanol–water partition coefficient (Wildman–Crippen LogP) is 2.68. The van der Waals surface area contributed by atoms with Crippen LogP contribution in [-0.4, -0.2) is 28.0 Å². The Morgan fingerprint density at radius 2 is 2.13 bits per heavy atom. The SMILES string of the molecule is COC(=O)c1c(NC(=S)NCc2cc(C)n(C)n2)sc(C)c1C. The lowest BCUT2D eigenvalue weighted by molar-refractivity contribution is 0.0601. The summed E-state index contributed by atoms with van der Waals surface area (Å²) in [6, 6.07) is 1.99. The maximum Gasteiger partial charge on any atom is 0.341 e. The van der Waals surface area contributed by atoms with Gasteiger partial charge in [0.05, 0.1) is 24.9 Å². The van der Waals surface area contributed by atoms with E-state index in [-0.39, 0.29) is 5.97 Å². The number of thiocarbonyl (C=S) groups is 1. The average Bonchev–Trinajstić information content (AvgIpc) is 2.96. The van der Waals surface area contributed by atoms with Gasteiger partial charge in [0.2, 0.25) is 0 Å². The summed E-state index contributed by atoms with van der Waals surface area (Å²) in [7, 11) is 3.27. The van der Waals surface area contributed by atoms with Crippen molar-refractivity contribution in [1.29, 1.82) is 0 Å². The van der Waals surface area contributed by atoms with E-state index in [1.165, 1.54) is 18.4 Å². The monoisotopic (exact) mass is 352 g/mol. The van der Waals surface area contributed by atoms with Crippen LogP contribution in [0.15, 0.2) is 6.07 Å². The number of hydrogen-bond donors (Lipinski definition) is 2. The van der Waals surface area contributed by atoms with Gasteiger partial charge in [0.1, 0.15) is 5.00 Å². The van der Waals surface area contributed by atoms with Crippen LogP contribution in [0, 0.1) is 20.8 Å². The molecule has 2 rings (SSSR count). The van der Waals surface area contributed by atoms with E-state index in [1.54, 1.807) is 0 Å². The minimum atomic E-state index is -0.363. The van der Waals surface area contributed by atoms with Crippen LogP contribution in [0.3, 0.4) is 0 Å². The Kier molecular flexibility index (Phi) is 5.38. The molecular weight excluding hydrogens is 332 g/mol. The molecule has 0 aromatic carbocycles. The minimum absolute atomic E-state index is 0.363. The van der Waals surface area contributed by atoms with E-state index >= 15 is 0 Å². The van der Waals surface area contributed by atoms with Crippen molar-refractivity contribution in [2.45, 2.75) is 27.3 Å². The number of aromatic nitrogens is 2. The van der Waals surface area contributed by atoms with Gasteiger partial charge in [-0.3, -0.25) is 4.68 Å². The number of esters is 1. The molecule has 0 unspecified atom stereocenters. The van der Waals surface area contributed by atoms with E-state index in [9.17, 15) is 4.79 Å². The molecule has 0 aliphatic rings. The Balaban J connectivity index is 2.05. The Morgan fingerprint density at radius 3 is 2.70 bits per heavy atom. The zero-order valence-electron chi connectivity index (χ0n) is 13.8. The fraction of sp³-hybridized carbons (Fsp3) is 0.400. The van der Waals surface area contributed by atoms with Gasteiger partial charge < -0.3 is 15.4 Å². The Bertz CT molecular complexity index is 729. The lowest BCUT2D eigenvalue weighted by atomic mass is 10.1. The van der Waals surface area contributed by atoms with Crippen LogP contribution in [0.4, 0.5) is 5.00 Å². The first-order valence-corrected chi connectivity index (χ1v) is 8.28. The van der Waals surface area contributed by atoms with Gasteiger partial charge in [-0.2, -0.15) is 5.10 Å². The summed E-state index contributed by atoms with van der Waals surface area (Å²) in [5.41, 5.74) is 3.43. The summed E-state index contributed by atoms with van der Waals surface area (Å²) >= 11 is 6.79. The van der Waals surface area contributed by atoms with E-state index in [0.717, 1.165) is 21.8 Å². The molecule has 0 aliphatic heterocycles. The number of carbonyl (C=O) groups excluding carboxylic acids is 1. The highest BCUT2D eigenvalue weighted by atomic mass is 32.1. The van der Waals surface area contributed by atoms with Gasteiger partial charge in [0.25, 0.3) is 0 Å². The van der Waals surface area contributed by atoms with Gasteiger partial charge in [0, 0.05) is 17.6 Å². The van der Waals surface area contributed by atoms with Crippen molar-refractivity contribution in [3.8, 4) is 0 Å². The molecule has 2 heterocycles. The standard InChI is InChI=1S/C15H20N4O2S2/c1-8-6-11(18-19(8)4)7-16-15(22)17-13-12(14(20)21-5)9(2)10(3)23-13/h6H,7H2,1-5H3,(H2,16,17,22). The third-order valence-electron chi connectivity index (χ3n) is 3.60. The number of ether oxygens (including phenoxy) is 1. The quantitative estimate of drug-likeness (QED) is 0.651. The molecule has 6 nitrogen and oxygen atoms in total. The summed E-state index contributed by atoms with van der Waals surface area (Å²) in [6.07, 6.45) is 0. The highest BCUT2D eigenvalue weighted by Crippen LogP contribution is 2.32. The molecule has 124 valence electrons. The van der Waals surface area contributed by atoms with Crippen LogP contribution in [-0.2, 0) is 18.3 Å². The second-order valence-electron chi connectivity index (χ2n) is 5.19. The molecule has 0 spiro atoms. The molecule has 0 radical (unpaired) electrons. The molecular formula is C15H20N4O2S2. The van der Waals surface area contributed by atoms with Gasteiger partial charge in [-0.05, 0) is 44.6 Å². The second-order valence-corrected chi connectivity index (χ2v) is 6.82. The third-order valence-corrected chi connectivity index (χ3v) is 4.97. The van der Waals surface area contributed by atoms with Gasteiger partial charge >= 0.3 is 5.97 Å². The number of methoxy groups -OCH3 is 1. The molecule has 0 saturated heterocycles. The number of rotatable bonds is 4. The van der Waals surface area contributed by atoms with Crippen LogP contribution < -0.4 is 10.6 Å². The zero-order valence-corrected chi connectivity index (χ0v) is 15.4. The number of carbonyl (C=O) groups is 1. The van der Waals surface area contributed by atoms with Crippen LogP contribution in [0.2, 0.25) is 0 Å². The van der Waals surface area contributed by atoms with E-state index in [1.807, 2.05) is 38.6 Å². The van der Waals surface area contributed by atoms with Crippen LogP contribution in [0.25, 0.3) is 0 Å². The van der Waals surface area contributed by atoms with Crippen molar-refractivity contribution in [2.75, 3.05) is 12.4 Å². The van der Waals surface area contributed by atoms with Crippen LogP contribution >= 0.6 is 23.6 Å². The number of nitrogens with one attached hydrogen (secondary N) is 2. The van der Waals surface area contributed by atoms with Crippen molar-refractivity contribution < 1.29 is 9.53 Å². The first-order valence-electron chi connectivity index (χ1n) is 7.06.